The molecule has 0 spiro atoms. The average molecular weight is 418 g/mol. The van der Waals surface area contributed by atoms with Crippen LogP contribution in [0.1, 0.15) is 37.8 Å². The summed E-state index contributed by atoms with van der Waals surface area (Å²) in [7, 11) is 0. The Morgan fingerprint density at radius 2 is 1.74 bits per heavy atom. The SMILES string of the molecule is CC(=O)Nc1ccc(C2=C(N3CCCC(C)C3)C(=O)N(c3ccccc3C)C2=O)cc1. The Morgan fingerprint density at radius 3 is 2.39 bits per heavy atom. The molecule has 2 heterocycles. The van der Waals surface area contributed by atoms with Crippen molar-refractivity contribution >= 4 is 34.7 Å². The fraction of sp³-hybridized carbons (Fsp3) is 0.320. The first kappa shape index (κ1) is 20.8. The Labute approximate surface area is 182 Å². The monoisotopic (exact) mass is 417 g/mol. The van der Waals surface area contributed by atoms with E-state index >= 15 is 0 Å². The Bertz CT molecular complexity index is 1070. The highest BCUT2D eigenvalue weighted by atomic mass is 16.2. The minimum absolute atomic E-state index is 0.159. The van der Waals surface area contributed by atoms with E-state index in [0.717, 1.165) is 31.5 Å². The summed E-state index contributed by atoms with van der Waals surface area (Å²) >= 11 is 0. The van der Waals surface area contributed by atoms with E-state index in [4.69, 9.17) is 0 Å². The van der Waals surface area contributed by atoms with Crippen LogP contribution in [0.15, 0.2) is 54.2 Å². The number of carbonyl (C=O) groups excluding carboxylic acids is 3. The molecule has 0 saturated carbocycles. The van der Waals surface area contributed by atoms with E-state index in [1.165, 1.54) is 11.8 Å². The van der Waals surface area contributed by atoms with Crippen molar-refractivity contribution in [3.63, 3.8) is 0 Å². The van der Waals surface area contributed by atoms with E-state index in [0.29, 0.717) is 34.1 Å². The zero-order valence-electron chi connectivity index (χ0n) is 18.1. The highest BCUT2D eigenvalue weighted by Crippen LogP contribution is 2.37. The van der Waals surface area contributed by atoms with Crippen LogP contribution in [0.2, 0.25) is 0 Å². The van der Waals surface area contributed by atoms with Gasteiger partial charge in [0.05, 0.1) is 11.3 Å². The summed E-state index contributed by atoms with van der Waals surface area (Å²) < 4.78 is 0. The van der Waals surface area contributed by atoms with Crippen molar-refractivity contribution in [1.82, 2.24) is 4.90 Å². The van der Waals surface area contributed by atoms with E-state index in [1.807, 2.05) is 31.2 Å². The van der Waals surface area contributed by atoms with E-state index in [1.54, 1.807) is 24.3 Å². The number of nitrogens with one attached hydrogen (secondary N) is 1. The van der Waals surface area contributed by atoms with Crippen LogP contribution in [0.4, 0.5) is 11.4 Å². The Hall–Kier alpha value is -3.41. The minimum atomic E-state index is -0.306. The van der Waals surface area contributed by atoms with Gasteiger partial charge in [0, 0.05) is 25.7 Å². The molecule has 0 radical (unpaired) electrons. The number of amides is 3. The summed E-state index contributed by atoms with van der Waals surface area (Å²) in [5.41, 5.74) is 3.72. The topological polar surface area (TPSA) is 69.7 Å². The number of hydrogen-bond donors (Lipinski definition) is 1. The van der Waals surface area contributed by atoms with Crippen LogP contribution < -0.4 is 10.2 Å². The summed E-state index contributed by atoms with van der Waals surface area (Å²) in [6.45, 7) is 7.04. The minimum Gasteiger partial charge on any atom is -0.366 e. The number of likely N-dealkylation sites (tertiary alicyclic amines) is 1. The summed E-state index contributed by atoms with van der Waals surface area (Å²) in [6.07, 6.45) is 2.11. The first-order chi connectivity index (χ1) is 14.9. The summed E-state index contributed by atoms with van der Waals surface area (Å²) in [6, 6.07) is 14.5. The van der Waals surface area contributed by atoms with Gasteiger partial charge in [0.15, 0.2) is 0 Å². The van der Waals surface area contributed by atoms with Crippen LogP contribution in [-0.4, -0.2) is 35.7 Å². The van der Waals surface area contributed by atoms with Crippen molar-refractivity contribution in [2.75, 3.05) is 23.3 Å². The summed E-state index contributed by atoms with van der Waals surface area (Å²) in [4.78, 5) is 42.0. The molecule has 1 fully saturated rings. The molecule has 6 heteroatoms. The molecule has 1 unspecified atom stereocenters. The highest BCUT2D eigenvalue weighted by molar-refractivity contribution is 6.45. The number of carbonyl (C=O) groups is 3. The predicted octanol–water partition coefficient (Wildman–Crippen LogP) is 3.97. The molecule has 0 aliphatic carbocycles. The third kappa shape index (κ3) is 3.98. The standard InChI is InChI=1S/C25H27N3O3/c1-16-7-6-14-27(15-16)23-22(19-10-12-20(13-11-19)26-18(3)29)24(30)28(25(23)31)21-9-5-4-8-17(21)2/h4-5,8-13,16H,6-7,14-15H2,1-3H3,(H,26,29). The zero-order chi connectivity index (χ0) is 22.1. The lowest BCUT2D eigenvalue weighted by Crippen LogP contribution is -2.39. The van der Waals surface area contributed by atoms with Crippen LogP contribution in [0.5, 0.6) is 0 Å². The normalized spacial score (nSPS) is 19.3. The molecule has 2 aliphatic rings. The van der Waals surface area contributed by atoms with E-state index < -0.39 is 0 Å². The second-order valence-corrected chi connectivity index (χ2v) is 8.41. The van der Waals surface area contributed by atoms with Gasteiger partial charge in [-0.2, -0.15) is 0 Å². The average Bonchev–Trinajstić information content (AvgIpc) is 2.99. The van der Waals surface area contributed by atoms with Crippen LogP contribution >= 0.6 is 0 Å². The number of hydrogen-bond acceptors (Lipinski definition) is 4. The molecule has 160 valence electrons. The number of nitrogens with zero attached hydrogens (tertiary/aromatic N) is 2. The fourth-order valence-corrected chi connectivity index (χ4v) is 4.42. The smallest absolute Gasteiger partial charge is 0.282 e. The molecule has 2 aliphatic heterocycles. The molecular weight excluding hydrogens is 390 g/mol. The summed E-state index contributed by atoms with van der Waals surface area (Å²) in [5.74, 6) is -0.276. The lowest BCUT2D eigenvalue weighted by atomic mass is 9.97. The van der Waals surface area contributed by atoms with Crippen LogP contribution in [0.3, 0.4) is 0 Å². The molecule has 3 amide bonds. The quantitative estimate of drug-likeness (QED) is 0.765. The summed E-state index contributed by atoms with van der Waals surface area (Å²) in [5, 5.41) is 2.74. The second-order valence-electron chi connectivity index (χ2n) is 8.41. The number of piperidine rings is 1. The zero-order valence-corrected chi connectivity index (χ0v) is 18.1. The molecule has 1 atom stereocenters. The van der Waals surface area contributed by atoms with Gasteiger partial charge in [-0.15, -0.1) is 0 Å². The second kappa shape index (κ2) is 8.38. The van der Waals surface area contributed by atoms with E-state index in [9.17, 15) is 14.4 Å². The van der Waals surface area contributed by atoms with Crippen LogP contribution in [-0.2, 0) is 14.4 Å². The lowest BCUT2D eigenvalue weighted by Gasteiger charge is -2.33. The fourth-order valence-electron chi connectivity index (χ4n) is 4.42. The Balaban J connectivity index is 1.80. The maximum Gasteiger partial charge on any atom is 0.282 e. The van der Waals surface area contributed by atoms with E-state index in [-0.39, 0.29) is 17.7 Å². The molecule has 0 aromatic heterocycles. The van der Waals surface area contributed by atoms with Gasteiger partial charge in [-0.1, -0.05) is 37.3 Å². The van der Waals surface area contributed by atoms with Gasteiger partial charge in [-0.25, -0.2) is 4.90 Å². The molecule has 4 rings (SSSR count). The predicted molar refractivity (Wildman–Crippen MR) is 121 cm³/mol. The molecule has 6 nitrogen and oxygen atoms in total. The van der Waals surface area contributed by atoms with Crippen molar-refractivity contribution in [2.45, 2.75) is 33.6 Å². The Morgan fingerprint density at radius 1 is 1.03 bits per heavy atom. The van der Waals surface area contributed by atoms with Crippen molar-refractivity contribution < 1.29 is 14.4 Å². The van der Waals surface area contributed by atoms with Gasteiger partial charge in [0.2, 0.25) is 5.91 Å². The number of anilines is 2. The van der Waals surface area contributed by atoms with Crippen molar-refractivity contribution in [3.05, 3.63) is 65.4 Å². The van der Waals surface area contributed by atoms with Crippen molar-refractivity contribution in [1.29, 1.82) is 0 Å². The van der Waals surface area contributed by atoms with Gasteiger partial charge in [-0.05, 0) is 55.0 Å². The molecular formula is C25H27N3O3. The molecule has 31 heavy (non-hydrogen) atoms. The van der Waals surface area contributed by atoms with E-state index in [2.05, 4.69) is 17.1 Å². The maximum atomic E-state index is 13.6. The molecule has 1 saturated heterocycles. The first-order valence-electron chi connectivity index (χ1n) is 10.7. The number of imide groups is 1. The van der Waals surface area contributed by atoms with Crippen LogP contribution in [0, 0.1) is 12.8 Å². The van der Waals surface area contributed by atoms with Gasteiger partial charge in [-0.3, -0.25) is 14.4 Å². The molecule has 0 bridgehead atoms. The number of para-hydroxylation sites is 1. The molecule has 2 aromatic rings. The van der Waals surface area contributed by atoms with Crippen LogP contribution in [0.25, 0.3) is 5.57 Å². The van der Waals surface area contributed by atoms with Crippen molar-refractivity contribution in [2.24, 2.45) is 5.92 Å². The molecule has 1 N–H and O–H groups in total. The third-order valence-electron chi connectivity index (χ3n) is 5.88. The third-order valence-corrected chi connectivity index (χ3v) is 5.88. The maximum absolute atomic E-state index is 13.6. The lowest BCUT2D eigenvalue weighted by molar-refractivity contribution is -0.121. The van der Waals surface area contributed by atoms with Gasteiger partial charge in [0.1, 0.15) is 5.70 Å². The number of benzene rings is 2. The highest BCUT2D eigenvalue weighted by Gasteiger charge is 2.43. The van der Waals surface area contributed by atoms with Gasteiger partial charge >= 0.3 is 0 Å². The van der Waals surface area contributed by atoms with Gasteiger partial charge < -0.3 is 10.2 Å². The van der Waals surface area contributed by atoms with Crippen molar-refractivity contribution in [3.8, 4) is 0 Å². The number of aryl methyl sites for hydroxylation is 1. The van der Waals surface area contributed by atoms with Gasteiger partial charge in [0.25, 0.3) is 11.8 Å². The Kier molecular flexibility index (Phi) is 5.63. The molecule has 2 aromatic carbocycles. The first-order valence-corrected chi connectivity index (χ1v) is 10.7. The largest absolute Gasteiger partial charge is 0.366 e. The number of rotatable bonds is 4.